The lowest BCUT2D eigenvalue weighted by atomic mass is 9.79. The van der Waals surface area contributed by atoms with Gasteiger partial charge in [0, 0.05) is 31.1 Å². The van der Waals surface area contributed by atoms with E-state index < -0.39 is 0 Å². The maximum atomic E-state index is 12.9. The van der Waals surface area contributed by atoms with Crippen LogP contribution < -0.4 is 10.1 Å². The molecule has 1 fully saturated rings. The number of nitrogens with one attached hydrogen (secondary N) is 1. The zero-order valence-electron chi connectivity index (χ0n) is 15.9. The number of hydrogen-bond acceptors (Lipinski definition) is 3. The summed E-state index contributed by atoms with van der Waals surface area (Å²) < 4.78 is 18.7. The predicted octanol–water partition coefficient (Wildman–Crippen LogP) is 4.14. The van der Waals surface area contributed by atoms with Gasteiger partial charge in [-0.15, -0.1) is 0 Å². The summed E-state index contributed by atoms with van der Waals surface area (Å²) >= 11 is 0. The summed E-state index contributed by atoms with van der Waals surface area (Å²) in [4.78, 5) is 14.6. The molecule has 1 amide bonds. The average molecular weight is 380 g/mol. The number of piperidine rings is 1. The van der Waals surface area contributed by atoms with Crippen LogP contribution in [0.1, 0.15) is 42.2 Å². The minimum absolute atomic E-state index is 0.163. The van der Waals surface area contributed by atoms with Crippen LogP contribution in [0.25, 0.3) is 0 Å². The van der Waals surface area contributed by atoms with Crippen molar-refractivity contribution in [3.8, 4) is 5.75 Å². The number of fused-ring (bicyclic) bond motifs is 3. The summed E-state index contributed by atoms with van der Waals surface area (Å²) in [7, 11) is 0. The molecule has 146 valence electrons. The van der Waals surface area contributed by atoms with Crippen LogP contribution in [0, 0.1) is 11.7 Å². The molecule has 2 aromatic rings. The van der Waals surface area contributed by atoms with E-state index in [-0.39, 0.29) is 11.7 Å². The number of amides is 1. The quantitative estimate of drug-likeness (QED) is 0.793. The van der Waals surface area contributed by atoms with Gasteiger partial charge < -0.3 is 15.0 Å². The van der Waals surface area contributed by atoms with Gasteiger partial charge in [-0.1, -0.05) is 12.1 Å². The first-order chi connectivity index (χ1) is 13.7. The summed E-state index contributed by atoms with van der Waals surface area (Å²) in [5.41, 5.74) is 3.88. The molecule has 5 rings (SSSR count). The van der Waals surface area contributed by atoms with Crippen LogP contribution in [0.3, 0.4) is 0 Å². The van der Waals surface area contributed by atoms with E-state index in [2.05, 4.69) is 22.3 Å². The van der Waals surface area contributed by atoms with Crippen LogP contribution in [0.4, 0.5) is 10.1 Å². The highest BCUT2D eigenvalue weighted by molar-refractivity contribution is 5.95. The molecule has 2 heterocycles. The van der Waals surface area contributed by atoms with Gasteiger partial charge >= 0.3 is 0 Å². The number of anilines is 1. The van der Waals surface area contributed by atoms with Crippen LogP contribution in [-0.2, 0) is 4.79 Å². The Kier molecular flexibility index (Phi) is 4.55. The van der Waals surface area contributed by atoms with Crippen molar-refractivity contribution < 1.29 is 13.9 Å². The molecule has 2 aliphatic heterocycles. The number of hydrogen-bond donors (Lipinski definition) is 1. The molecule has 0 saturated carbocycles. The molecular weight excluding hydrogens is 355 g/mol. The molecule has 3 unspecified atom stereocenters. The number of nitrogens with zero attached hydrogens (tertiary/aromatic N) is 1. The van der Waals surface area contributed by atoms with Gasteiger partial charge in [-0.2, -0.15) is 0 Å². The van der Waals surface area contributed by atoms with Crippen molar-refractivity contribution >= 4 is 11.6 Å². The largest absolute Gasteiger partial charge is 0.494 e. The molecule has 1 aliphatic carbocycles. The number of likely N-dealkylation sites (tertiary alicyclic amines) is 1. The van der Waals surface area contributed by atoms with Crippen molar-refractivity contribution in [3.05, 3.63) is 59.4 Å². The van der Waals surface area contributed by atoms with E-state index >= 15 is 0 Å². The molecule has 0 spiro atoms. The summed E-state index contributed by atoms with van der Waals surface area (Å²) in [6, 6.07) is 12.6. The summed E-state index contributed by atoms with van der Waals surface area (Å²) in [5, 5.41) is 3.06. The van der Waals surface area contributed by atoms with Gasteiger partial charge in [0.05, 0.1) is 6.61 Å². The Morgan fingerprint density at radius 1 is 1.14 bits per heavy atom. The molecule has 1 saturated heterocycles. The zero-order valence-corrected chi connectivity index (χ0v) is 15.9. The van der Waals surface area contributed by atoms with E-state index in [1.54, 1.807) is 12.1 Å². The number of ether oxygens (including phenoxy) is 1. The van der Waals surface area contributed by atoms with Crippen LogP contribution >= 0.6 is 0 Å². The van der Waals surface area contributed by atoms with Gasteiger partial charge in [-0.05, 0) is 72.7 Å². The molecule has 5 heteroatoms. The second-order valence-electron chi connectivity index (χ2n) is 8.18. The number of benzene rings is 2. The van der Waals surface area contributed by atoms with E-state index in [0.29, 0.717) is 30.8 Å². The maximum absolute atomic E-state index is 12.9. The van der Waals surface area contributed by atoms with Crippen molar-refractivity contribution in [1.82, 2.24) is 4.90 Å². The first-order valence-corrected chi connectivity index (χ1v) is 10.2. The molecule has 1 N–H and O–H groups in total. The second-order valence-corrected chi connectivity index (χ2v) is 8.18. The third-order valence-corrected chi connectivity index (χ3v) is 6.56. The van der Waals surface area contributed by atoms with Gasteiger partial charge in [0.15, 0.2) is 0 Å². The van der Waals surface area contributed by atoms with Crippen molar-refractivity contribution in [2.75, 3.05) is 31.6 Å². The molecule has 2 aromatic carbocycles. The number of rotatable bonds is 5. The third kappa shape index (κ3) is 3.18. The van der Waals surface area contributed by atoms with Crippen molar-refractivity contribution in [2.24, 2.45) is 5.92 Å². The molecular formula is C23H25FN2O2. The Morgan fingerprint density at radius 2 is 2.00 bits per heavy atom. The average Bonchev–Trinajstić information content (AvgIpc) is 3.01. The molecule has 4 nitrogen and oxygen atoms in total. The summed E-state index contributed by atoms with van der Waals surface area (Å²) in [6.07, 6.45) is 2.73. The normalized spacial score (nSPS) is 25.8. The van der Waals surface area contributed by atoms with Gasteiger partial charge in [-0.3, -0.25) is 4.79 Å². The fraction of sp³-hybridized carbons (Fsp3) is 0.435. The van der Waals surface area contributed by atoms with Crippen LogP contribution in [0.15, 0.2) is 42.5 Å². The highest BCUT2D eigenvalue weighted by atomic mass is 19.1. The molecule has 0 radical (unpaired) electrons. The van der Waals surface area contributed by atoms with Crippen LogP contribution in [-0.4, -0.2) is 37.0 Å². The monoisotopic (exact) mass is 380 g/mol. The van der Waals surface area contributed by atoms with Gasteiger partial charge in [0.25, 0.3) is 0 Å². The third-order valence-electron chi connectivity index (χ3n) is 6.56. The number of carbonyl (C=O) groups is 1. The SMILES string of the molecule is O=C1CC2c3c(cccc3C3CN(CCCOc4ccc(F)cc4)CCC32)N1. The highest BCUT2D eigenvalue weighted by Crippen LogP contribution is 2.55. The first-order valence-electron chi connectivity index (χ1n) is 10.2. The summed E-state index contributed by atoms with van der Waals surface area (Å²) in [5.74, 6) is 2.16. The molecule has 3 atom stereocenters. The van der Waals surface area contributed by atoms with Gasteiger partial charge in [-0.25, -0.2) is 4.39 Å². The first kappa shape index (κ1) is 17.7. The zero-order chi connectivity index (χ0) is 19.1. The Morgan fingerprint density at radius 3 is 2.86 bits per heavy atom. The predicted molar refractivity (Wildman–Crippen MR) is 106 cm³/mol. The van der Waals surface area contributed by atoms with Crippen molar-refractivity contribution in [1.29, 1.82) is 0 Å². The highest BCUT2D eigenvalue weighted by Gasteiger charge is 2.46. The van der Waals surface area contributed by atoms with Crippen LogP contribution in [0.2, 0.25) is 0 Å². The van der Waals surface area contributed by atoms with E-state index in [9.17, 15) is 9.18 Å². The van der Waals surface area contributed by atoms with E-state index in [4.69, 9.17) is 4.74 Å². The minimum Gasteiger partial charge on any atom is -0.494 e. The number of halogens is 1. The fourth-order valence-corrected chi connectivity index (χ4v) is 5.36. The Hall–Kier alpha value is -2.40. The van der Waals surface area contributed by atoms with Gasteiger partial charge in [0.1, 0.15) is 11.6 Å². The molecule has 0 bridgehead atoms. The van der Waals surface area contributed by atoms with E-state index in [1.807, 2.05) is 6.07 Å². The molecule has 0 aromatic heterocycles. The topological polar surface area (TPSA) is 41.6 Å². The van der Waals surface area contributed by atoms with Crippen molar-refractivity contribution in [3.63, 3.8) is 0 Å². The maximum Gasteiger partial charge on any atom is 0.225 e. The smallest absolute Gasteiger partial charge is 0.225 e. The standard InChI is InChI=1S/C23H25FN2O2/c24-15-5-7-16(8-6-15)28-12-2-10-26-11-9-17-19-13-22(27)25-21-4-1-3-18(23(19)21)20(17)14-26/h1,3-8,17,19-20H,2,9-14H2,(H,25,27). The van der Waals surface area contributed by atoms with Crippen LogP contribution in [0.5, 0.6) is 5.75 Å². The molecule has 3 aliphatic rings. The second kappa shape index (κ2) is 7.21. The van der Waals surface area contributed by atoms with Crippen molar-refractivity contribution in [2.45, 2.75) is 31.1 Å². The lowest BCUT2D eigenvalue weighted by molar-refractivity contribution is -0.117. The molecule has 28 heavy (non-hydrogen) atoms. The van der Waals surface area contributed by atoms with Gasteiger partial charge in [0.2, 0.25) is 5.91 Å². The lowest BCUT2D eigenvalue weighted by Crippen LogP contribution is -2.39. The summed E-state index contributed by atoms with van der Waals surface area (Å²) in [6.45, 7) is 3.78. The van der Waals surface area contributed by atoms with E-state index in [1.165, 1.54) is 23.3 Å². The minimum atomic E-state index is -0.241. The van der Waals surface area contributed by atoms with E-state index in [0.717, 1.165) is 43.9 Å². The Balaban J connectivity index is 1.20. The Labute approximate surface area is 164 Å². The Bertz CT molecular complexity index is 883. The number of carbonyl (C=O) groups excluding carboxylic acids is 1. The fourth-order valence-electron chi connectivity index (χ4n) is 5.36. The lowest BCUT2D eigenvalue weighted by Gasteiger charge is -2.37.